The second kappa shape index (κ2) is 11.0. The van der Waals surface area contributed by atoms with E-state index in [2.05, 4.69) is 13.8 Å². The van der Waals surface area contributed by atoms with Crippen LogP contribution < -0.4 is 5.11 Å². The van der Waals surface area contributed by atoms with Crippen molar-refractivity contribution in [3.63, 3.8) is 0 Å². The van der Waals surface area contributed by atoms with Gasteiger partial charge >= 0.3 is 0 Å². The van der Waals surface area contributed by atoms with Gasteiger partial charge in [-0.2, -0.15) is 0 Å². The van der Waals surface area contributed by atoms with E-state index in [4.69, 9.17) is 4.98 Å². The number of aliphatic carboxylic acids is 1. The van der Waals surface area contributed by atoms with Crippen LogP contribution in [0.5, 0.6) is 0 Å². The fraction of sp³-hybridized carbons (Fsp3) is 0.259. The molecule has 0 amide bonds. The van der Waals surface area contributed by atoms with Crippen LogP contribution in [0, 0.1) is 5.82 Å². The molecule has 172 valence electrons. The number of carbonyl (C=O) groups is 1. The number of aliphatic hydroxyl groups is 2. The molecule has 0 saturated carbocycles. The second-order valence-electron chi connectivity index (χ2n) is 8.28. The third-order valence-electron chi connectivity index (χ3n) is 5.30. The average molecular weight is 449 g/mol. The molecule has 2 aromatic carbocycles. The van der Waals surface area contributed by atoms with Crippen LogP contribution in [0.3, 0.4) is 0 Å². The van der Waals surface area contributed by atoms with Gasteiger partial charge in [-0.3, -0.25) is 0 Å². The lowest BCUT2D eigenvalue weighted by Gasteiger charge is -2.18. The van der Waals surface area contributed by atoms with E-state index in [0.717, 1.165) is 27.9 Å². The number of carbonyl (C=O) groups excluding carboxylic acids is 1. The summed E-state index contributed by atoms with van der Waals surface area (Å²) in [7, 11) is 0. The Morgan fingerprint density at radius 2 is 1.73 bits per heavy atom. The summed E-state index contributed by atoms with van der Waals surface area (Å²) in [4.78, 5) is 15.5. The van der Waals surface area contributed by atoms with Crippen LogP contribution in [-0.4, -0.2) is 33.4 Å². The van der Waals surface area contributed by atoms with Crippen LogP contribution in [0.4, 0.5) is 4.39 Å². The lowest BCUT2D eigenvalue weighted by molar-refractivity contribution is -0.307. The number of rotatable bonds is 9. The van der Waals surface area contributed by atoms with Gasteiger partial charge in [0.15, 0.2) is 0 Å². The van der Waals surface area contributed by atoms with Crippen LogP contribution in [0.1, 0.15) is 43.7 Å². The first-order chi connectivity index (χ1) is 15.7. The minimum absolute atomic E-state index is 0.120. The highest BCUT2D eigenvalue weighted by atomic mass is 19.1. The molecule has 2 N–H and O–H groups in total. The molecular weight excluding hydrogens is 421 g/mol. The van der Waals surface area contributed by atoms with E-state index in [9.17, 15) is 24.5 Å². The summed E-state index contributed by atoms with van der Waals surface area (Å²) in [5.74, 6) is -1.60. The van der Waals surface area contributed by atoms with Crippen molar-refractivity contribution in [3.05, 3.63) is 83.7 Å². The Bertz CT molecular complexity index is 1110. The summed E-state index contributed by atoms with van der Waals surface area (Å²) in [6.45, 7) is 4.10. The van der Waals surface area contributed by atoms with Crippen molar-refractivity contribution < 1.29 is 24.5 Å². The number of carboxylic acids is 1. The molecule has 33 heavy (non-hydrogen) atoms. The third-order valence-corrected chi connectivity index (χ3v) is 5.30. The molecule has 1 heterocycles. The van der Waals surface area contributed by atoms with E-state index in [-0.39, 0.29) is 18.2 Å². The van der Waals surface area contributed by atoms with Gasteiger partial charge < -0.3 is 20.1 Å². The van der Waals surface area contributed by atoms with Gasteiger partial charge in [-0.25, -0.2) is 9.37 Å². The van der Waals surface area contributed by atoms with Crippen molar-refractivity contribution in [2.75, 3.05) is 0 Å². The summed E-state index contributed by atoms with van der Waals surface area (Å²) in [5, 5.41) is 30.8. The van der Waals surface area contributed by atoms with Gasteiger partial charge in [-0.05, 0) is 41.8 Å². The number of benzene rings is 2. The van der Waals surface area contributed by atoms with Gasteiger partial charge in [0.2, 0.25) is 0 Å². The standard InChI is InChI=1S/C27H28FNO4/c1-17(2)24-16-25(18-6-4-3-5-7-18)29-27(19-8-10-20(28)11-9-19)23(24)13-12-21(30)14-22(31)15-26(32)33/h3-13,16-17,21-22,30-31H,14-15H2,1-2H3,(H,32,33)/p-1/b13-12+/t21-,22-/m1/s1. The average Bonchev–Trinajstić information content (AvgIpc) is 2.77. The number of hydrogen-bond donors (Lipinski definition) is 2. The van der Waals surface area contributed by atoms with Crippen LogP contribution in [0.15, 0.2) is 66.7 Å². The quantitative estimate of drug-likeness (QED) is 0.517. The number of nitrogens with zero attached hydrogens (tertiary/aromatic N) is 1. The zero-order valence-electron chi connectivity index (χ0n) is 18.6. The van der Waals surface area contributed by atoms with Crippen molar-refractivity contribution in [2.24, 2.45) is 0 Å². The smallest absolute Gasteiger partial charge is 0.123 e. The summed E-state index contributed by atoms with van der Waals surface area (Å²) in [6, 6.07) is 17.8. The van der Waals surface area contributed by atoms with Gasteiger partial charge in [-0.15, -0.1) is 0 Å². The normalized spacial score (nSPS) is 13.4. The van der Waals surface area contributed by atoms with E-state index in [1.807, 2.05) is 36.4 Å². The topological polar surface area (TPSA) is 93.5 Å². The van der Waals surface area contributed by atoms with E-state index in [0.29, 0.717) is 5.69 Å². The van der Waals surface area contributed by atoms with Crippen molar-refractivity contribution >= 4 is 12.0 Å². The lowest BCUT2D eigenvalue weighted by atomic mass is 9.91. The van der Waals surface area contributed by atoms with Gasteiger partial charge in [0.25, 0.3) is 0 Å². The molecule has 0 aliphatic rings. The molecule has 0 unspecified atom stereocenters. The van der Waals surface area contributed by atoms with Crippen LogP contribution in [-0.2, 0) is 4.79 Å². The summed E-state index contributed by atoms with van der Waals surface area (Å²) in [5.41, 5.74) is 4.84. The Morgan fingerprint density at radius 1 is 1.06 bits per heavy atom. The number of aromatic nitrogens is 1. The molecule has 0 spiro atoms. The van der Waals surface area contributed by atoms with Gasteiger partial charge in [0, 0.05) is 35.5 Å². The predicted molar refractivity (Wildman–Crippen MR) is 124 cm³/mol. The first kappa shape index (κ1) is 24.3. The third kappa shape index (κ3) is 6.57. The molecular formula is C27H27FNO4-. The maximum atomic E-state index is 13.6. The van der Waals surface area contributed by atoms with Crippen molar-refractivity contribution in [1.29, 1.82) is 0 Å². The SMILES string of the molecule is CC(C)c1cc(-c2ccccc2)nc(-c2ccc(F)cc2)c1/C=C/[C@@H](O)C[C@@H](O)CC(=O)[O-]. The molecule has 3 aromatic rings. The number of halogens is 1. The molecule has 0 saturated heterocycles. The summed E-state index contributed by atoms with van der Waals surface area (Å²) in [6.07, 6.45) is 0.283. The van der Waals surface area contributed by atoms with Crippen molar-refractivity contribution in [2.45, 2.75) is 44.8 Å². The minimum Gasteiger partial charge on any atom is -0.550 e. The largest absolute Gasteiger partial charge is 0.550 e. The maximum Gasteiger partial charge on any atom is 0.123 e. The first-order valence-electron chi connectivity index (χ1n) is 10.8. The Labute approximate surface area is 192 Å². The zero-order valence-corrected chi connectivity index (χ0v) is 18.6. The Kier molecular flexibility index (Phi) is 8.09. The lowest BCUT2D eigenvalue weighted by Crippen LogP contribution is -2.29. The number of hydrogen-bond acceptors (Lipinski definition) is 5. The number of aliphatic hydroxyl groups excluding tert-OH is 2. The first-order valence-corrected chi connectivity index (χ1v) is 10.8. The van der Waals surface area contributed by atoms with Crippen molar-refractivity contribution in [3.8, 4) is 22.5 Å². The number of carboxylic acid groups (broad SMARTS) is 1. The van der Waals surface area contributed by atoms with Gasteiger partial charge in [0.1, 0.15) is 5.82 Å². The molecule has 1 aromatic heterocycles. The molecule has 6 heteroatoms. The second-order valence-corrected chi connectivity index (χ2v) is 8.28. The highest BCUT2D eigenvalue weighted by Crippen LogP contribution is 2.34. The fourth-order valence-electron chi connectivity index (χ4n) is 3.65. The van der Waals surface area contributed by atoms with Gasteiger partial charge in [0.05, 0.1) is 23.6 Å². The van der Waals surface area contributed by atoms with Gasteiger partial charge in [-0.1, -0.05) is 56.3 Å². The Balaban J connectivity index is 2.08. The summed E-state index contributed by atoms with van der Waals surface area (Å²) >= 11 is 0. The Morgan fingerprint density at radius 3 is 2.33 bits per heavy atom. The number of pyridine rings is 1. The Hall–Kier alpha value is -3.35. The molecule has 0 radical (unpaired) electrons. The zero-order chi connectivity index (χ0) is 24.0. The van der Waals surface area contributed by atoms with Crippen LogP contribution in [0.2, 0.25) is 0 Å². The van der Waals surface area contributed by atoms with E-state index in [1.54, 1.807) is 18.2 Å². The molecule has 0 bridgehead atoms. The highest BCUT2D eigenvalue weighted by Gasteiger charge is 2.17. The molecule has 3 rings (SSSR count). The summed E-state index contributed by atoms with van der Waals surface area (Å²) < 4.78 is 13.6. The molecule has 5 nitrogen and oxygen atoms in total. The van der Waals surface area contributed by atoms with E-state index in [1.165, 1.54) is 18.2 Å². The van der Waals surface area contributed by atoms with E-state index < -0.39 is 24.6 Å². The van der Waals surface area contributed by atoms with Crippen molar-refractivity contribution in [1.82, 2.24) is 4.98 Å². The predicted octanol–water partition coefficient (Wildman–Crippen LogP) is 3.94. The molecule has 0 aliphatic carbocycles. The molecule has 0 fully saturated rings. The highest BCUT2D eigenvalue weighted by molar-refractivity contribution is 5.78. The van der Waals surface area contributed by atoms with Crippen LogP contribution in [0.25, 0.3) is 28.6 Å². The van der Waals surface area contributed by atoms with Crippen LogP contribution >= 0.6 is 0 Å². The minimum atomic E-state index is -1.37. The monoisotopic (exact) mass is 448 g/mol. The van der Waals surface area contributed by atoms with E-state index >= 15 is 0 Å². The molecule has 2 atom stereocenters. The maximum absolute atomic E-state index is 13.6. The molecule has 0 aliphatic heterocycles. The fourth-order valence-corrected chi connectivity index (χ4v) is 3.65.